The Morgan fingerprint density at radius 3 is 3.00 bits per heavy atom. The van der Waals surface area contributed by atoms with Crippen LogP contribution in [0.2, 0.25) is 0 Å². The van der Waals surface area contributed by atoms with Crippen molar-refractivity contribution in [3.8, 4) is 0 Å². The minimum Gasteiger partial charge on any atom is -0.472 e. The fraction of sp³-hybridized carbons (Fsp3) is 0.750. The lowest BCUT2D eigenvalue weighted by molar-refractivity contribution is 0.221. The van der Waals surface area contributed by atoms with Gasteiger partial charge in [0.15, 0.2) is 0 Å². The second-order valence-corrected chi connectivity index (χ2v) is 5.93. The van der Waals surface area contributed by atoms with Crippen LogP contribution in [-0.4, -0.2) is 12.6 Å². The molecule has 2 heteroatoms. The maximum Gasteiger partial charge on any atom is 0.0935 e. The monoisotopic (exact) mass is 249 g/mol. The molecule has 1 N–H and O–H groups in total. The molecule has 0 radical (unpaired) electrons. The first kappa shape index (κ1) is 13.7. The molecule has 0 aromatic carbocycles. The van der Waals surface area contributed by atoms with Crippen molar-refractivity contribution in [2.75, 3.05) is 6.54 Å². The van der Waals surface area contributed by atoms with E-state index in [0.29, 0.717) is 6.04 Å². The van der Waals surface area contributed by atoms with Crippen molar-refractivity contribution in [1.29, 1.82) is 0 Å². The number of furan rings is 1. The van der Waals surface area contributed by atoms with E-state index in [2.05, 4.69) is 25.2 Å². The van der Waals surface area contributed by atoms with Crippen molar-refractivity contribution in [2.45, 2.75) is 58.4 Å². The van der Waals surface area contributed by atoms with Gasteiger partial charge >= 0.3 is 0 Å². The van der Waals surface area contributed by atoms with Gasteiger partial charge in [-0.05, 0) is 55.7 Å². The van der Waals surface area contributed by atoms with Crippen LogP contribution in [0.1, 0.15) is 51.5 Å². The fourth-order valence-corrected chi connectivity index (χ4v) is 3.24. The predicted molar refractivity (Wildman–Crippen MR) is 75.6 cm³/mol. The lowest BCUT2D eigenvalue weighted by Crippen LogP contribution is -2.40. The number of rotatable bonds is 6. The van der Waals surface area contributed by atoms with Gasteiger partial charge in [-0.1, -0.05) is 26.7 Å². The molecule has 3 atom stereocenters. The Hall–Kier alpha value is -0.760. The lowest BCUT2D eigenvalue weighted by atomic mass is 9.77. The molecule has 1 heterocycles. The predicted octanol–water partition coefficient (Wildman–Crippen LogP) is 4.02. The van der Waals surface area contributed by atoms with Gasteiger partial charge in [-0.2, -0.15) is 0 Å². The van der Waals surface area contributed by atoms with Crippen LogP contribution in [-0.2, 0) is 6.42 Å². The van der Waals surface area contributed by atoms with Crippen LogP contribution < -0.4 is 5.32 Å². The molecular weight excluding hydrogens is 222 g/mol. The minimum absolute atomic E-state index is 0.630. The molecule has 2 rings (SSSR count). The molecule has 18 heavy (non-hydrogen) atoms. The summed E-state index contributed by atoms with van der Waals surface area (Å²) in [6, 6.07) is 2.73. The normalized spacial score (nSPS) is 26.1. The molecule has 1 saturated carbocycles. The summed E-state index contributed by atoms with van der Waals surface area (Å²) in [6.07, 6.45) is 11.6. The summed E-state index contributed by atoms with van der Waals surface area (Å²) in [5.41, 5.74) is 1.34. The maximum atomic E-state index is 5.20. The van der Waals surface area contributed by atoms with Gasteiger partial charge in [-0.15, -0.1) is 0 Å². The zero-order chi connectivity index (χ0) is 12.8. The van der Waals surface area contributed by atoms with E-state index in [1.165, 1.54) is 37.7 Å². The Morgan fingerprint density at radius 2 is 2.33 bits per heavy atom. The third kappa shape index (κ3) is 3.88. The standard InChI is InChI=1S/C16H27NO/c1-3-8-17-16(11-14-7-9-18-12-14)15-6-4-5-13(2)10-15/h7,9,12-13,15-17H,3-6,8,10-11H2,1-2H3. The van der Waals surface area contributed by atoms with Crippen molar-refractivity contribution in [3.63, 3.8) is 0 Å². The second kappa shape index (κ2) is 6.98. The van der Waals surface area contributed by atoms with Crippen LogP contribution >= 0.6 is 0 Å². The lowest BCUT2D eigenvalue weighted by Gasteiger charge is -2.34. The summed E-state index contributed by atoms with van der Waals surface area (Å²) in [7, 11) is 0. The van der Waals surface area contributed by atoms with E-state index < -0.39 is 0 Å². The molecular formula is C16H27NO. The van der Waals surface area contributed by atoms with Crippen LogP contribution in [0.4, 0.5) is 0 Å². The first-order chi connectivity index (χ1) is 8.79. The average Bonchev–Trinajstić information content (AvgIpc) is 2.87. The van der Waals surface area contributed by atoms with Gasteiger partial charge in [-0.3, -0.25) is 0 Å². The highest BCUT2D eigenvalue weighted by Gasteiger charge is 2.26. The van der Waals surface area contributed by atoms with Gasteiger partial charge < -0.3 is 9.73 Å². The second-order valence-electron chi connectivity index (χ2n) is 5.93. The summed E-state index contributed by atoms with van der Waals surface area (Å²) >= 11 is 0. The largest absolute Gasteiger partial charge is 0.472 e. The topological polar surface area (TPSA) is 25.2 Å². The van der Waals surface area contributed by atoms with Crippen molar-refractivity contribution < 1.29 is 4.42 Å². The molecule has 102 valence electrons. The van der Waals surface area contributed by atoms with Crippen LogP contribution in [0.5, 0.6) is 0 Å². The van der Waals surface area contributed by atoms with Gasteiger partial charge in [0.25, 0.3) is 0 Å². The van der Waals surface area contributed by atoms with E-state index in [1.807, 2.05) is 6.26 Å². The van der Waals surface area contributed by atoms with Gasteiger partial charge in [0.05, 0.1) is 12.5 Å². The fourth-order valence-electron chi connectivity index (χ4n) is 3.24. The van der Waals surface area contributed by atoms with E-state index in [0.717, 1.165) is 24.8 Å². The Balaban J connectivity index is 1.94. The van der Waals surface area contributed by atoms with Crippen molar-refractivity contribution >= 4 is 0 Å². The molecule has 0 spiro atoms. The van der Waals surface area contributed by atoms with E-state index in [4.69, 9.17) is 4.42 Å². The van der Waals surface area contributed by atoms with Gasteiger partial charge in [0.2, 0.25) is 0 Å². The quantitative estimate of drug-likeness (QED) is 0.824. The molecule has 0 saturated heterocycles. The summed E-state index contributed by atoms with van der Waals surface area (Å²) in [4.78, 5) is 0. The number of hydrogen-bond donors (Lipinski definition) is 1. The molecule has 0 amide bonds. The zero-order valence-electron chi connectivity index (χ0n) is 11.8. The third-order valence-electron chi connectivity index (χ3n) is 4.24. The molecule has 1 aliphatic rings. The molecule has 0 aliphatic heterocycles. The van der Waals surface area contributed by atoms with E-state index >= 15 is 0 Å². The van der Waals surface area contributed by atoms with Crippen LogP contribution in [0.25, 0.3) is 0 Å². The van der Waals surface area contributed by atoms with Crippen molar-refractivity contribution in [1.82, 2.24) is 5.32 Å². The highest BCUT2D eigenvalue weighted by Crippen LogP contribution is 2.32. The Morgan fingerprint density at radius 1 is 1.44 bits per heavy atom. The summed E-state index contributed by atoms with van der Waals surface area (Å²) < 4.78 is 5.20. The van der Waals surface area contributed by atoms with E-state index in [1.54, 1.807) is 6.26 Å². The molecule has 1 fully saturated rings. The highest BCUT2D eigenvalue weighted by atomic mass is 16.3. The zero-order valence-corrected chi connectivity index (χ0v) is 11.8. The van der Waals surface area contributed by atoms with Gasteiger partial charge in [0, 0.05) is 6.04 Å². The number of hydrogen-bond acceptors (Lipinski definition) is 2. The summed E-state index contributed by atoms with van der Waals surface area (Å²) in [6.45, 7) is 5.78. The number of nitrogens with one attached hydrogen (secondary N) is 1. The van der Waals surface area contributed by atoms with Crippen LogP contribution in [0.3, 0.4) is 0 Å². The molecule has 0 bridgehead atoms. The van der Waals surface area contributed by atoms with Gasteiger partial charge in [-0.25, -0.2) is 0 Å². The molecule has 1 aromatic rings. The molecule has 2 nitrogen and oxygen atoms in total. The smallest absolute Gasteiger partial charge is 0.0935 e. The van der Waals surface area contributed by atoms with Crippen LogP contribution in [0.15, 0.2) is 23.0 Å². The van der Waals surface area contributed by atoms with Crippen molar-refractivity contribution in [3.05, 3.63) is 24.2 Å². The first-order valence-corrected chi connectivity index (χ1v) is 7.54. The molecule has 1 aromatic heterocycles. The summed E-state index contributed by atoms with van der Waals surface area (Å²) in [5.74, 6) is 1.74. The maximum absolute atomic E-state index is 5.20. The van der Waals surface area contributed by atoms with E-state index in [-0.39, 0.29) is 0 Å². The summed E-state index contributed by atoms with van der Waals surface area (Å²) in [5, 5.41) is 3.76. The molecule has 1 aliphatic carbocycles. The Labute approximate surface area is 111 Å². The van der Waals surface area contributed by atoms with Crippen molar-refractivity contribution in [2.24, 2.45) is 11.8 Å². The van der Waals surface area contributed by atoms with Gasteiger partial charge in [0.1, 0.15) is 0 Å². The Bertz CT molecular complexity index is 320. The Kier molecular flexibility index (Phi) is 5.30. The first-order valence-electron chi connectivity index (χ1n) is 7.54. The van der Waals surface area contributed by atoms with E-state index in [9.17, 15) is 0 Å². The third-order valence-corrected chi connectivity index (χ3v) is 4.24. The SMILES string of the molecule is CCCNC(Cc1ccoc1)C1CCCC(C)C1. The highest BCUT2D eigenvalue weighted by molar-refractivity contribution is 5.08. The molecule has 3 unspecified atom stereocenters. The average molecular weight is 249 g/mol. The minimum atomic E-state index is 0.630. The van der Waals surface area contributed by atoms with Crippen LogP contribution in [0, 0.1) is 11.8 Å².